The highest BCUT2D eigenvalue weighted by atomic mass is 32.2. The van der Waals surface area contributed by atoms with Gasteiger partial charge in [-0.25, -0.2) is 8.42 Å². The first-order valence-electron chi connectivity index (χ1n) is 6.18. The second-order valence-electron chi connectivity index (χ2n) is 4.93. The summed E-state index contributed by atoms with van der Waals surface area (Å²) in [7, 11) is -2.93. The molecule has 2 aromatic rings. The van der Waals surface area contributed by atoms with E-state index in [4.69, 9.17) is 0 Å². The Labute approximate surface area is 113 Å². The van der Waals surface area contributed by atoms with Crippen LogP contribution >= 0.6 is 0 Å². The third-order valence-corrected chi connectivity index (χ3v) is 4.02. The van der Waals surface area contributed by atoms with E-state index in [-0.39, 0.29) is 11.8 Å². The van der Waals surface area contributed by atoms with Gasteiger partial charge in [-0.2, -0.15) is 0 Å². The lowest BCUT2D eigenvalue weighted by molar-refractivity contribution is 0.560. The van der Waals surface area contributed by atoms with Crippen molar-refractivity contribution in [1.82, 2.24) is 10.3 Å². The van der Waals surface area contributed by atoms with Gasteiger partial charge in [0.2, 0.25) is 0 Å². The van der Waals surface area contributed by atoms with Crippen LogP contribution in [0.2, 0.25) is 0 Å². The molecule has 0 aliphatic heterocycles. The number of aromatic nitrogens is 1. The summed E-state index contributed by atoms with van der Waals surface area (Å²) in [6.45, 7) is 2.54. The van der Waals surface area contributed by atoms with Gasteiger partial charge in [-0.1, -0.05) is 12.1 Å². The van der Waals surface area contributed by atoms with E-state index in [1.165, 1.54) is 6.26 Å². The summed E-state index contributed by atoms with van der Waals surface area (Å²) in [4.78, 5) is 4.07. The summed E-state index contributed by atoms with van der Waals surface area (Å²) < 4.78 is 22.4. The zero-order valence-corrected chi connectivity index (χ0v) is 11.9. The van der Waals surface area contributed by atoms with Crippen LogP contribution in [0.4, 0.5) is 0 Å². The summed E-state index contributed by atoms with van der Waals surface area (Å²) >= 11 is 0. The lowest BCUT2D eigenvalue weighted by Gasteiger charge is -2.13. The van der Waals surface area contributed by atoms with Crippen molar-refractivity contribution in [2.45, 2.75) is 19.5 Å². The molecule has 1 N–H and O–H groups in total. The zero-order chi connectivity index (χ0) is 13.9. The molecule has 0 fully saturated rings. The fourth-order valence-corrected chi connectivity index (χ4v) is 3.07. The Morgan fingerprint density at radius 3 is 2.79 bits per heavy atom. The maximum Gasteiger partial charge on any atom is 0.148 e. The van der Waals surface area contributed by atoms with Gasteiger partial charge in [-0.3, -0.25) is 4.98 Å². The van der Waals surface area contributed by atoms with Crippen molar-refractivity contribution < 1.29 is 8.42 Å². The topological polar surface area (TPSA) is 59.1 Å². The predicted molar refractivity (Wildman–Crippen MR) is 77.8 cm³/mol. The summed E-state index contributed by atoms with van der Waals surface area (Å²) in [5.74, 6) is 0.157. The summed E-state index contributed by atoms with van der Waals surface area (Å²) in [5.41, 5.74) is 1.14. The Bertz CT molecular complexity index is 668. The van der Waals surface area contributed by atoms with E-state index in [9.17, 15) is 8.42 Å². The average Bonchev–Trinajstić information content (AvgIpc) is 2.34. The number of hydrogen-bond acceptors (Lipinski definition) is 4. The van der Waals surface area contributed by atoms with E-state index in [0.717, 1.165) is 16.3 Å². The molecular formula is C14H18N2O2S. The van der Waals surface area contributed by atoms with Crippen molar-refractivity contribution in [2.24, 2.45) is 0 Å². The number of nitrogens with one attached hydrogen (secondary N) is 1. The Hall–Kier alpha value is -1.46. The maximum atomic E-state index is 11.2. The van der Waals surface area contributed by atoms with E-state index in [1.54, 1.807) is 6.20 Å². The molecule has 0 saturated carbocycles. The van der Waals surface area contributed by atoms with E-state index < -0.39 is 9.84 Å². The monoisotopic (exact) mass is 278 g/mol. The molecule has 102 valence electrons. The molecule has 1 heterocycles. The van der Waals surface area contributed by atoms with Gasteiger partial charge in [0, 0.05) is 36.6 Å². The Morgan fingerprint density at radius 1 is 1.26 bits per heavy atom. The minimum absolute atomic E-state index is 0.0527. The highest BCUT2D eigenvalue weighted by molar-refractivity contribution is 7.90. The second kappa shape index (κ2) is 5.67. The molecule has 0 radical (unpaired) electrons. The van der Waals surface area contributed by atoms with Crippen LogP contribution < -0.4 is 5.32 Å². The molecule has 0 amide bonds. The van der Waals surface area contributed by atoms with Crippen molar-refractivity contribution >= 4 is 20.6 Å². The molecule has 0 bridgehead atoms. The SMILES string of the molecule is CC(CS(C)(=O)=O)NCc1ccc2cnccc2c1. The normalized spacial score (nSPS) is 13.6. The number of benzene rings is 1. The van der Waals surface area contributed by atoms with Crippen LogP contribution in [0.25, 0.3) is 10.8 Å². The lowest BCUT2D eigenvalue weighted by atomic mass is 10.1. The highest BCUT2D eigenvalue weighted by Gasteiger charge is 2.09. The van der Waals surface area contributed by atoms with Crippen LogP contribution in [0.3, 0.4) is 0 Å². The van der Waals surface area contributed by atoms with Gasteiger partial charge in [0.05, 0.1) is 5.75 Å². The maximum absolute atomic E-state index is 11.2. The van der Waals surface area contributed by atoms with Gasteiger partial charge < -0.3 is 5.32 Å². The third kappa shape index (κ3) is 4.29. The van der Waals surface area contributed by atoms with Crippen LogP contribution in [0.5, 0.6) is 0 Å². The fraction of sp³-hybridized carbons (Fsp3) is 0.357. The molecule has 1 aromatic carbocycles. The van der Waals surface area contributed by atoms with E-state index in [2.05, 4.69) is 16.4 Å². The Balaban J connectivity index is 2.02. The van der Waals surface area contributed by atoms with Crippen LogP contribution in [0.1, 0.15) is 12.5 Å². The highest BCUT2D eigenvalue weighted by Crippen LogP contribution is 2.14. The predicted octanol–water partition coefficient (Wildman–Crippen LogP) is 1.76. The van der Waals surface area contributed by atoms with Crippen molar-refractivity contribution in [3.05, 3.63) is 42.2 Å². The minimum Gasteiger partial charge on any atom is -0.309 e. The summed E-state index contributed by atoms with van der Waals surface area (Å²) in [6, 6.07) is 8.07. The fourth-order valence-electron chi connectivity index (χ4n) is 2.05. The molecule has 1 atom stereocenters. The molecule has 1 aromatic heterocycles. The molecule has 0 saturated heterocycles. The number of hydrogen-bond donors (Lipinski definition) is 1. The number of rotatable bonds is 5. The number of pyridine rings is 1. The molecule has 2 rings (SSSR count). The molecule has 4 nitrogen and oxygen atoms in total. The minimum atomic E-state index is -2.93. The molecule has 0 spiro atoms. The van der Waals surface area contributed by atoms with Crippen LogP contribution in [0, 0.1) is 0 Å². The molecule has 5 heteroatoms. The van der Waals surface area contributed by atoms with Gasteiger partial charge in [-0.15, -0.1) is 0 Å². The second-order valence-corrected chi connectivity index (χ2v) is 7.12. The van der Waals surface area contributed by atoms with Gasteiger partial charge in [0.15, 0.2) is 0 Å². The Morgan fingerprint density at radius 2 is 2.05 bits per heavy atom. The molecular weight excluding hydrogens is 260 g/mol. The van der Waals surface area contributed by atoms with E-state index in [1.807, 2.05) is 31.3 Å². The molecule has 0 aliphatic rings. The average molecular weight is 278 g/mol. The number of nitrogens with zero attached hydrogens (tertiary/aromatic N) is 1. The first-order valence-corrected chi connectivity index (χ1v) is 8.24. The first-order chi connectivity index (χ1) is 8.94. The Kier molecular flexibility index (Phi) is 4.17. The van der Waals surface area contributed by atoms with Gasteiger partial charge in [0.25, 0.3) is 0 Å². The van der Waals surface area contributed by atoms with Crippen molar-refractivity contribution in [3.8, 4) is 0 Å². The number of sulfone groups is 1. The number of fused-ring (bicyclic) bond motifs is 1. The van der Waals surface area contributed by atoms with E-state index in [0.29, 0.717) is 6.54 Å². The third-order valence-electron chi connectivity index (χ3n) is 2.91. The molecule has 0 aliphatic carbocycles. The van der Waals surface area contributed by atoms with Crippen molar-refractivity contribution in [2.75, 3.05) is 12.0 Å². The lowest BCUT2D eigenvalue weighted by Crippen LogP contribution is -2.32. The largest absolute Gasteiger partial charge is 0.309 e. The van der Waals surface area contributed by atoms with E-state index >= 15 is 0 Å². The van der Waals surface area contributed by atoms with Gasteiger partial charge >= 0.3 is 0 Å². The molecule has 19 heavy (non-hydrogen) atoms. The summed E-state index contributed by atoms with van der Waals surface area (Å²) in [5, 5.41) is 5.48. The molecule has 1 unspecified atom stereocenters. The summed E-state index contributed by atoms with van der Waals surface area (Å²) in [6.07, 6.45) is 4.86. The van der Waals surface area contributed by atoms with Crippen LogP contribution in [-0.2, 0) is 16.4 Å². The van der Waals surface area contributed by atoms with Gasteiger partial charge in [0.1, 0.15) is 9.84 Å². The van der Waals surface area contributed by atoms with Gasteiger partial charge in [-0.05, 0) is 30.0 Å². The first kappa shape index (κ1) is 14.0. The smallest absolute Gasteiger partial charge is 0.148 e. The van der Waals surface area contributed by atoms with Crippen LogP contribution in [-0.4, -0.2) is 31.5 Å². The standard InChI is InChI=1S/C14H18N2O2S/c1-11(10-19(2,17)18)16-8-12-3-4-14-9-15-6-5-13(14)7-12/h3-7,9,11,16H,8,10H2,1-2H3. The zero-order valence-electron chi connectivity index (χ0n) is 11.1. The van der Waals surface area contributed by atoms with Crippen LogP contribution in [0.15, 0.2) is 36.7 Å². The quantitative estimate of drug-likeness (QED) is 0.905. The van der Waals surface area contributed by atoms with Crippen molar-refractivity contribution in [3.63, 3.8) is 0 Å². The van der Waals surface area contributed by atoms with Crippen molar-refractivity contribution in [1.29, 1.82) is 0 Å².